The second-order valence-corrected chi connectivity index (χ2v) is 1.68. The number of rotatable bonds is 0. The van der Waals surface area contributed by atoms with Crippen molar-refractivity contribution in [2.24, 2.45) is 0 Å². The summed E-state index contributed by atoms with van der Waals surface area (Å²) >= 11 is 0. The van der Waals surface area contributed by atoms with E-state index in [-0.39, 0.29) is 6.61 Å². The predicted octanol–water partition coefficient (Wildman–Crippen LogP) is 1.97. The zero-order chi connectivity index (χ0) is 6.99. The van der Waals surface area contributed by atoms with Gasteiger partial charge in [-0.1, -0.05) is 11.6 Å². The van der Waals surface area contributed by atoms with Gasteiger partial charge in [-0.2, -0.15) is 0 Å². The second-order valence-electron chi connectivity index (χ2n) is 1.68. The van der Waals surface area contributed by atoms with Gasteiger partial charge in [0.25, 0.3) is 0 Å². The summed E-state index contributed by atoms with van der Waals surface area (Å²) in [7, 11) is 0. The Morgan fingerprint density at radius 3 is 1.62 bits per heavy atom. The highest BCUT2D eigenvalue weighted by Gasteiger charge is 1.60. The number of hydrogen-bond acceptors (Lipinski definition) is 1. The van der Waals surface area contributed by atoms with Gasteiger partial charge in [0.05, 0.1) is 0 Å². The highest BCUT2D eigenvalue weighted by molar-refractivity contribution is 4.88. The Balaban J connectivity index is 0. The van der Waals surface area contributed by atoms with Crippen LogP contribution in [0.5, 0.6) is 0 Å². The average Bonchev–Trinajstić information content (AvgIpc) is 1.69. The molecule has 0 aliphatic carbocycles. The molecule has 0 saturated carbocycles. The largest absolute Gasteiger partial charge is 0.397 e. The van der Waals surface area contributed by atoms with E-state index in [0.29, 0.717) is 0 Å². The maximum atomic E-state index is 7.57. The zero-order valence-electron chi connectivity index (χ0n) is 6.23. The highest BCUT2D eigenvalue weighted by atomic mass is 16.2. The molecular weight excluding hydrogens is 100 g/mol. The Kier molecular flexibility index (Phi) is 13.1. The van der Waals surface area contributed by atoms with Crippen molar-refractivity contribution in [3.8, 4) is 0 Å². The van der Waals surface area contributed by atoms with Crippen molar-refractivity contribution in [1.82, 2.24) is 0 Å². The Morgan fingerprint density at radius 1 is 1.50 bits per heavy atom. The molecule has 1 heteroatoms. The third-order valence-electron chi connectivity index (χ3n) is 0.577. The fraction of sp³-hybridized carbons (Fsp3) is 0.714. The molecule has 0 atom stereocenters. The molecule has 1 nitrogen and oxygen atoms in total. The van der Waals surface area contributed by atoms with E-state index in [1.165, 1.54) is 5.57 Å². The first-order chi connectivity index (χ1) is 3.68. The molecule has 0 heterocycles. The average molecular weight is 116 g/mol. The van der Waals surface area contributed by atoms with Crippen LogP contribution in [0.3, 0.4) is 0 Å². The molecule has 0 rings (SSSR count). The van der Waals surface area contributed by atoms with Crippen LogP contribution in [-0.2, 0) is 0 Å². The van der Waals surface area contributed by atoms with Crippen LogP contribution in [0.4, 0.5) is 0 Å². The lowest BCUT2D eigenvalue weighted by molar-refractivity contribution is 0.318. The number of aliphatic hydroxyl groups is 1. The molecule has 0 amide bonds. The van der Waals surface area contributed by atoms with E-state index in [9.17, 15) is 0 Å². The molecule has 0 aliphatic rings. The SMILES string of the molecule is CC=C(C)C.CCO. The Hall–Kier alpha value is -0.300. The van der Waals surface area contributed by atoms with E-state index in [0.717, 1.165) is 0 Å². The van der Waals surface area contributed by atoms with Crippen molar-refractivity contribution in [2.45, 2.75) is 27.7 Å². The van der Waals surface area contributed by atoms with Crippen LogP contribution in [0.2, 0.25) is 0 Å². The quantitative estimate of drug-likeness (QED) is 0.480. The third kappa shape index (κ3) is 43.6. The van der Waals surface area contributed by atoms with Crippen molar-refractivity contribution < 1.29 is 5.11 Å². The summed E-state index contributed by atoms with van der Waals surface area (Å²) in [6, 6.07) is 0. The van der Waals surface area contributed by atoms with Crippen molar-refractivity contribution in [3.63, 3.8) is 0 Å². The van der Waals surface area contributed by atoms with Gasteiger partial charge >= 0.3 is 0 Å². The highest BCUT2D eigenvalue weighted by Crippen LogP contribution is 1.82. The van der Waals surface area contributed by atoms with Crippen molar-refractivity contribution in [3.05, 3.63) is 11.6 Å². The van der Waals surface area contributed by atoms with Crippen LogP contribution >= 0.6 is 0 Å². The van der Waals surface area contributed by atoms with Gasteiger partial charge in [0.1, 0.15) is 0 Å². The molecular formula is C7H16O. The third-order valence-corrected chi connectivity index (χ3v) is 0.577. The van der Waals surface area contributed by atoms with Crippen molar-refractivity contribution in [2.75, 3.05) is 6.61 Å². The van der Waals surface area contributed by atoms with Gasteiger partial charge in [-0.3, -0.25) is 0 Å². The Bertz CT molecular complexity index is 51.4. The molecule has 8 heavy (non-hydrogen) atoms. The molecule has 0 unspecified atom stereocenters. The van der Waals surface area contributed by atoms with E-state index in [1.807, 2.05) is 6.92 Å². The molecule has 50 valence electrons. The molecule has 1 N–H and O–H groups in total. The zero-order valence-corrected chi connectivity index (χ0v) is 6.23. The summed E-state index contributed by atoms with van der Waals surface area (Å²) in [5.41, 5.74) is 1.38. The van der Waals surface area contributed by atoms with Crippen LogP contribution in [-0.4, -0.2) is 11.7 Å². The Labute approximate surface area is 52.0 Å². The lowest BCUT2D eigenvalue weighted by Crippen LogP contribution is -1.57. The van der Waals surface area contributed by atoms with E-state index < -0.39 is 0 Å². The number of aliphatic hydroxyl groups excluding tert-OH is 1. The summed E-state index contributed by atoms with van der Waals surface area (Å²) < 4.78 is 0. The van der Waals surface area contributed by atoms with E-state index in [1.54, 1.807) is 6.92 Å². The first kappa shape index (κ1) is 10.6. The maximum Gasteiger partial charge on any atom is 0.0402 e. The first-order valence-electron chi connectivity index (χ1n) is 2.89. The minimum Gasteiger partial charge on any atom is -0.397 e. The minimum atomic E-state index is 0.250. The van der Waals surface area contributed by atoms with Crippen LogP contribution in [0.25, 0.3) is 0 Å². The van der Waals surface area contributed by atoms with Gasteiger partial charge in [-0.05, 0) is 27.7 Å². The smallest absolute Gasteiger partial charge is 0.0402 e. The monoisotopic (exact) mass is 116 g/mol. The van der Waals surface area contributed by atoms with Gasteiger partial charge in [0, 0.05) is 6.61 Å². The molecule has 0 aromatic rings. The lowest BCUT2D eigenvalue weighted by atomic mass is 10.3. The molecule has 0 spiro atoms. The van der Waals surface area contributed by atoms with E-state index >= 15 is 0 Å². The van der Waals surface area contributed by atoms with Crippen LogP contribution in [0, 0.1) is 0 Å². The summed E-state index contributed by atoms with van der Waals surface area (Å²) in [5.74, 6) is 0. The van der Waals surface area contributed by atoms with Crippen LogP contribution in [0.1, 0.15) is 27.7 Å². The standard InChI is InChI=1S/C5H10.C2H6O/c1-4-5(2)3;1-2-3/h4H,1-3H3;3H,2H2,1H3. The van der Waals surface area contributed by atoms with Gasteiger partial charge in [0.15, 0.2) is 0 Å². The molecule has 0 radical (unpaired) electrons. The molecule has 0 aromatic carbocycles. The van der Waals surface area contributed by atoms with Gasteiger partial charge in [0.2, 0.25) is 0 Å². The molecule has 0 bridgehead atoms. The van der Waals surface area contributed by atoms with Crippen molar-refractivity contribution in [1.29, 1.82) is 0 Å². The maximum absolute atomic E-state index is 7.57. The van der Waals surface area contributed by atoms with E-state index in [4.69, 9.17) is 5.11 Å². The number of allylic oxidation sites excluding steroid dienone is 2. The van der Waals surface area contributed by atoms with Crippen molar-refractivity contribution >= 4 is 0 Å². The van der Waals surface area contributed by atoms with Crippen LogP contribution < -0.4 is 0 Å². The van der Waals surface area contributed by atoms with Crippen LogP contribution in [0.15, 0.2) is 11.6 Å². The summed E-state index contributed by atoms with van der Waals surface area (Å²) in [5, 5.41) is 7.57. The fourth-order valence-corrected chi connectivity index (χ4v) is 0. The van der Waals surface area contributed by atoms with E-state index in [2.05, 4.69) is 19.9 Å². The number of hydrogen-bond donors (Lipinski definition) is 1. The van der Waals surface area contributed by atoms with Gasteiger partial charge in [-0.15, -0.1) is 0 Å². The molecule has 0 fully saturated rings. The molecule has 0 aromatic heterocycles. The first-order valence-corrected chi connectivity index (χ1v) is 2.89. The summed E-state index contributed by atoms with van der Waals surface area (Å²) in [4.78, 5) is 0. The summed E-state index contributed by atoms with van der Waals surface area (Å²) in [6.45, 7) is 8.13. The normalized spacial score (nSPS) is 6.62. The molecule has 0 saturated heterocycles. The van der Waals surface area contributed by atoms with Gasteiger partial charge < -0.3 is 5.11 Å². The summed E-state index contributed by atoms with van der Waals surface area (Å²) in [6.07, 6.45) is 2.08. The second kappa shape index (κ2) is 9.85. The minimum absolute atomic E-state index is 0.250. The van der Waals surface area contributed by atoms with Gasteiger partial charge in [-0.25, -0.2) is 0 Å². The Morgan fingerprint density at radius 2 is 1.62 bits per heavy atom. The topological polar surface area (TPSA) is 20.2 Å². The predicted molar refractivity (Wildman–Crippen MR) is 37.9 cm³/mol. The lowest BCUT2D eigenvalue weighted by Gasteiger charge is -1.74. The fourth-order valence-electron chi connectivity index (χ4n) is 0. The molecule has 0 aliphatic heterocycles.